The van der Waals surface area contributed by atoms with Crippen molar-refractivity contribution >= 4 is 40.3 Å². The molecule has 3 nitrogen and oxygen atoms in total. The Balaban J connectivity index is 2.25. The molecule has 0 N–H and O–H groups in total. The van der Waals surface area contributed by atoms with E-state index in [1.54, 1.807) is 6.08 Å². The highest BCUT2D eigenvalue weighted by molar-refractivity contribution is 8.18. The van der Waals surface area contributed by atoms with Gasteiger partial charge in [0.2, 0.25) is 0 Å². The molecule has 2 rings (SSSR count). The Bertz CT molecular complexity index is 392. The van der Waals surface area contributed by atoms with Crippen LogP contribution in [-0.4, -0.2) is 11.1 Å². The van der Waals surface area contributed by atoms with Crippen molar-refractivity contribution in [2.75, 3.05) is 0 Å². The summed E-state index contributed by atoms with van der Waals surface area (Å²) in [5, 5.41) is 12.2. The molecule has 0 saturated carbocycles. The molecule has 5 heteroatoms. The lowest BCUT2D eigenvalue weighted by Crippen LogP contribution is -2.08. The quantitative estimate of drug-likeness (QED) is 0.652. The number of hydrogen-bond acceptors (Lipinski definition) is 4. The van der Waals surface area contributed by atoms with Gasteiger partial charge in [-0.15, -0.1) is 11.3 Å². The second-order valence-corrected chi connectivity index (χ2v) is 4.28. The fourth-order valence-corrected chi connectivity index (χ4v) is 2.26. The number of amides is 1. The smallest absolute Gasteiger partial charge is 0.283 e. The molecule has 0 atom stereocenters. The van der Waals surface area contributed by atoms with Crippen LogP contribution in [0.3, 0.4) is 0 Å². The third kappa shape index (κ3) is 1.81. The molecule has 0 aliphatic carbocycles. The molecule has 13 heavy (non-hydrogen) atoms. The molecule has 0 unspecified atom stereocenters. The molecular weight excluding hydrogens is 206 g/mol. The average Bonchev–Trinajstić information content (AvgIpc) is 2.63. The molecule has 1 amide bonds. The summed E-state index contributed by atoms with van der Waals surface area (Å²) in [6.45, 7) is 0. The van der Waals surface area contributed by atoms with Crippen molar-refractivity contribution in [3.63, 3.8) is 0 Å². The van der Waals surface area contributed by atoms with Crippen LogP contribution in [0.1, 0.15) is 4.88 Å². The highest BCUT2D eigenvalue weighted by atomic mass is 32.2. The molecule has 1 aromatic heterocycles. The number of carbonyl (C=O) groups excluding carboxylic acids is 1. The Hall–Kier alpha value is -1.07. The summed E-state index contributed by atoms with van der Waals surface area (Å²) in [6, 6.07) is 3.77. The van der Waals surface area contributed by atoms with Crippen LogP contribution in [-0.2, 0) is 4.79 Å². The van der Waals surface area contributed by atoms with Gasteiger partial charge in [-0.3, -0.25) is 4.79 Å². The van der Waals surface area contributed by atoms with Gasteiger partial charge in [-0.05, 0) is 17.5 Å². The maximum absolute atomic E-state index is 11.0. The molecule has 1 aromatic rings. The number of thiophene rings is 1. The molecule has 2 heterocycles. The molecule has 0 saturated heterocycles. The summed E-state index contributed by atoms with van der Waals surface area (Å²) in [5.41, 5.74) is 0. The Kier molecular flexibility index (Phi) is 2.20. The van der Waals surface area contributed by atoms with Gasteiger partial charge in [0.25, 0.3) is 5.91 Å². The van der Waals surface area contributed by atoms with E-state index < -0.39 is 11.1 Å². The summed E-state index contributed by atoms with van der Waals surface area (Å²) >= 11 is 2.40. The average molecular weight is 210 g/mol. The van der Waals surface area contributed by atoms with Crippen LogP contribution >= 0.6 is 23.1 Å². The van der Waals surface area contributed by atoms with Crippen LogP contribution in [0, 0.1) is 0 Å². The highest BCUT2D eigenvalue weighted by Gasteiger charge is 2.15. The van der Waals surface area contributed by atoms with E-state index in [4.69, 9.17) is 0 Å². The van der Waals surface area contributed by atoms with Crippen molar-refractivity contribution < 1.29 is 9.90 Å². The zero-order chi connectivity index (χ0) is 9.26. The molecule has 0 fully saturated rings. The zero-order valence-electron chi connectivity index (χ0n) is 6.39. The molecule has 0 aromatic carbocycles. The first-order valence-electron chi connectivity index (χ1n) is 3.49. The molecule has 0 spiro atoms. The van der Waals surface area contributed by atoms with Gasteiger partial charge in [0.1, 0.15) is 0 Å². The fraction of sp³-hybridized carbons (Fsp3) is 0. The lowest BCUT2D eigenvalue weighted by Gasteiger charge is -1.97. The summed E-state index contributed by atoms with van der Waals surface area (Å²) in [6.07, 6.45) is 1.69. The molecule has 1 aliphatic heterocycles. The third-order valence-electron chi connectivity index (χ3n) is 1.42. The van der Waals surface area contributed by atoms with E-state index in [1.807, 2.05) is 17.5 Å². The number of rotatable bonds is 1. The SMILES string of the molecule is O=C1N=C([O-])SC1=Cc1cccs1. The number of carbonyl (C=O) groups is 1. The van der Waals surface area contributed by atoms with Gasteiger partial charge in [0.15, 0.2) is 0 Å². The van der Waals surface area contributed by atoms with E-state index >= 15 is 0 Å². The minimum absolute atomic E-state index is 0.410. The molecule has 66 valence electrons. The molecular formula is C8H4NO2S2-. The number of aliphatic imine (C=N–C) groups is 1. The first-order valence-corrected chi connectivity index (χ1v) is 5.18. The first kappa shape index (κ1) is 8.52. The van der Waals surface area contributed by atoms with Crippen molar-refractivity contribution in [2.24, 2.45) is 4.99 Å². The van der Waals surface area contributed by atoms with E-state index in [0.717, 1.165) is 16.6 Å². The van der Waals surface area contributed by atoms with E-state index in [-0.39, 0.29) is 0 Å². The predicted octanol–water partition coefficient (Wildman–Crippen LogP) is 1.08. The summed E-state index contributed by atoms with van der Waals surface area (Å²) in [7, 11) is 0. The van der Waals surface area contributed by atoms with Gasteiger partial charge < -0.3 is 5.11 Å². The van der Waals surface area contributed by atoms with Gasteiger partial charge in [0.05, 0.1) is 4.91 Å². The minimum atomic E-state index is -0.427. The van der Waals surface area contributed by atoms with E-state index in [9.17, 15) is 9.90 Å². The third-order valence-corrected chi connectivity index (χ3v) is 3.02. The van der Waals surface area contributed by atoms with Crippen LogP contribution in [0.5, 0.6) is 0 Å². The van der Waals surface area contributed by atoms with Crippen molar-refractivity contribution in [3.05, 3.63) is 27.3 Å². The molecule has 1 aliphatic rings. The number of hydrogen-bond donors (Lipinski definition) is 0. The van der Waals surface area contributed by atoms with Crippen LogP contribution < -0.4 is 5.11 Å². The van der Waals surface area contributed by atoms with Gasteiger partial charge in [-0.1, -0.05) is 17.8 Å². The predicted molar refractivity (Wildman–Crippen MR) is 52.3 cm³/mol. The standard InChI is InChI=1S/C8H5NO2S2/c10-7-6(13-8(11)9-7)4-5-2-1-3-12-5/h1-4H,(H,9,10,11)/p-1. The van der Waals surface area contributed by atoms with Crippen LogP contribution in [0.25, 0.3) is 6.08 Å². The van der Waals surface area contributed by atoms with Crippen LogP contribution in [0.4, 0.5) is 0 Å². The number of thioether (sulfide) groups is 1. The monoisotopic (exact) mass is 210 g/mol. The zero-order valence-corrected chi connectivity index (χ0v) is 8.02. The summed E-state index contributed by atoms with van der Waals surface area (Å²) < 4.78 is 0. The van der Waals surface area contributed by atoms with Gasteiger partial charge in [-0.25, -0.2) is 4.99 Å². The van der Waals surface area contributed by atoms with Crippen LogP contribution in [0.15, 0.2) is 27.4 Å². The fourth-order valence-electron chi connectivity index (χ4n) is 0.892. The summed E-state index contributed by atoms with van der Waals surface area (Å²) in [4.78, 5) is 15.7. The van der Waals surface area contributed by atoms with E-state index in [1.165, 1.54) is 11.3 Å². The van der Waals surface area contributed by atoms with Gasteiger partial charge in [0, 0.05) is 10.1 Å². The Labute approximate surface area is 82.8 Å². The second kappa shape index (κ2) is 3.35. The maximum Gasteiger partial charge on any atom is 0.283 e. The summed E-state index contributed by atoms with van der Waals surface area (Å²) in [5.74, 6) is -0.427. The lowest BCUT2D eigenvalue weighted by atomic mass is 10.4. The van der Waals surface area contributed by atoms with Crippen molar-refractivity contribution in [1.82, 2.24) is 0 Å². The second-order valence-electron chi connectivity index (χ2n) is 2.31. The number of nitrogens with zero attached hydrogens (tertiary/aromatic N) is 1. The van der Waals surface area contributed by atoms with E-state index in [0.29, 0.717) is 4.91 Å². The molecule has 0 bridgehead atoms. The van der Waals surface area contributed by atoms with Crippen molar-refractivity contribution in [1.29, 1.82) is 0 Å². The topological polar surface area (TPSA) is 52.5 Å². The maximum atomic E-state index is 11.0. The lowest BCUT2D eigenvalue weighted by molar-refractivity contribution is -0.205. The Morgan fingerprint density at radius 3 is 2.92 bits per heavy atom. The highest BCUT2D eigenvalue weighted by Crippen LogP contribution is 2.27. The Morgan fingerprint density at radius 2 is 2.38 bits per heavy atom. The minimum Gasteiger partial charge on any atom is -0.853 e. The van der Waals surface area contributed by atoms with Crippen molar-refractivity contribution in [2.45, 2.75) is 0 Å². The molecule has 0 radical (unpaired) electrons. The first-order chi connectivity index (χ1) is 6.25. The normalized spacial score (nSPS) is 19.5. The van der Waals surface area contributed by atoms with E-state index in [2.05, 4.69) is 4.99 Å². The van der Waals surface area contributed by atoms with Gasteiger partial charge in [-0.2, -0.15) is 0 Å². The van der Waals surface area contributed by atoms with Crippen LogP contribution in [0.2, 0.25) is 0 Å². The van der Waals surface area contributed by atoms with Gasteiger partial charge >= 0.3 is 0 Å². The largest absolute Gasteiger partial charge is 0.853 e. The van der Waals surface area contributed by atoms with Crippen molar-refractivity contribution in [3.8, 4) is 0 Å². The Morgan fingerprint density at radius 1 is 1.54 bits per heavy atom.